The molecule has 1 aliphatic heterocycles. The Bertz CT molecular complexity index is 541. The molecule has 0 bridgehead atoms. The molecule has 1 aromatic rings. The van der Waals surface area contributed by atoms with Crippen LogP contribution in [-0.4, -0.2) is 47.2 Å². The van der Waals surface area contributed by atoms with Crippen LogP contribution in [0.1, 0.15) is 56.6 Å². The average molecular weight is 314 g/mol. The SMILES string of the molecule is O=C(C1CCCCC1)N1CCN(c2ccc(C3CC3)nn2)CC1. The third kappa shape index (κ3) is 3.33. The van der Waals surface area contributed by atoms with Gasteiger partial charge in [-0.1, -0.05) is 19.3 Å². The van der Waals surface area contributed by atoms with Gasteiger partial charge in [0.05, 0.1) is 5.69 Å². The van der Waals surface area contributed by atoms with Crippen molar-refractivity contribution in [2.75, 3.05) is 31.1 Å². The molecule has 5 heteroatoms. The number of amides is 1. The van der Waals surface area contributed by atoms with Gasteiger partial charge in [0, 0.05) is 38.0 Å². The zero-order chi connectivity index (χ0) is 15.6. The summed E-state index contributed by atoms with van der Waals surface area (Å²) in [6.07, 6.45) is 8.44. The second-order valence-corrected chi connectivity index (χ2v) is 7.24. The van der Waals surface area contributed by atoms with Crippen LogP contribution in [-0.2, 0) is 4.79 Å². The molecule has 2 saturated carbocycles. The molecule has 3 fully saturated rings. The summed E-state index contributed by atoms with van der Waals surface area (Å²) in [5.74, 6) is 2.29. The first kappa shape index (κ1) is 14.9. The smallest absolute Gasteiger partial charge is 0.225 e. The van der Waals surface area contributed by atoms with E-state index in [1.807, 2.05) is 0 Å². The van der Waals surface area contributed by atoms with Crippen molar-refractivity contribution in [3.8, 4) is 0 Å². The normalized spacial score (nSPS) is 23.1. The van der Waals surface area contributed by atoms with E-state index in [4.69, 9.17) is 0 Å². The molecule has 23 heavy (non-hydrogen) atoms. The number of nitrogens with zero attached hydrogens (tertiary/aromatic N) is 4. The van der Waals surface area contributed by atoms with E-state index in [9.17, 15) is 4.79 Å². The van der Waals surface area contributed by atoms with E-state index in [-0.39, 0.29) is 5.92 Å². The van der Waals surface area contributed by atoms with Crippen molar-refractivity contribution in [1.82, 2.24) is 15.1 Å². The lowest BCUT2D eigenvalue weighted by molar-refractivity contribution is -0.136. The number of piperazine rings is 1. The molecule has 1 saturated heterocycles. The number of rotatable bonds is 3. The number of aromatic nitrogens is 2. The van der Waals surface area contributed by atoms with Crippen LogP contribution in [0.25, 0.3) is 0 Å². The summed E-state index contributed by atoms with van der Waals surface area (Å²) in [4.78, 5) is 16.9. The van der Waals surface area contributed by atoms with Crippen molar-refractivity contribution in [3.05, 3.63) is 17.8 Å². The highest BCUT2D eigenvalue weighted by molar-refractivity contribution is 5.79. The van der Waals surface area contributed by atoms with E-state index in [2.05, 4.69) is 32.1 Å². The van der Waals surface area contributed by atoms with Gasteiger partial charge in [0.15, 0.2) is 5.82 Å². The standard InChI is InChI=1S/C18H26N4O/c23-18(15-4-2-1-3-5-15)22-12-10-21(11-13-22)17-9-8-16(19-20-17)14-6-7-14/h8-9,14-15H,1-7,10-13H2. The minimum absolute atomic E-state index is 0.285. The molecule has 0 unspecified atom stereocenters. The lowest BCUT2D eigenvalue weighted by Gasteiger charge is -2.37. The Morgan fingerprint density at radius 1 is 0.913 bits per heavy atom. The van der Waals surface area contributed by atoms with Crippen molar-refractivity contribution in [3.63, 3.8) is 0 Å². The Morgan fingerprint density at radius 3 is 2.26 bits per heavy atom. The monoisotopic (exact) mass is 314 g/mol. The summed E-state index contributed by atoms with van der Waals surface area (Å²) < 4.78 is 0. The quantitative estimate of drug-likeness (QED) is 0.860. The molecular formula is C18H26N4O. The van der Waals surface area contributed by atoms with E-state index < -0.39 is 0 Å². The molecule has 5 nitrogen and oxygen atoms in total. The van der Waals surface area contributed by atoms with Crippen molar-refractivity contribution in [2.24, 2.45) is 5.92 Å². The third-order valence-corrected chi connectivity index (χ3v) is 5.54. The molecule has 0 spiro atoms. The fourth-order valence-corrected chi connectivity index (χ4v) is 3.86. The summed E-state index contributed by atoms with van der Waals surface area (Å²) in [6, 6.07) is 4.22. The molecule has 0 N–H and O–H groups in total. The molecule has 124 valence electrons. The van der Waals surface area contributed by atoms with Gasteiger partial charge in [0.2, 0.25) is 5.91 Å². The fraction of sp³-hybridized carbons (Fsp3) is 0.722. The molecule has 0 atom stereocenters. The zero-order valence-corrected chi connectivity index (χ0v) is 13.8. The molecule has 2 heterocycles. The van der Waals surface area contributed by atoms with E-state index in [1.54, 1.807) is 0 Å². The second-order valence-electron chi connectivity index (χ2n) is 7.24. The number of hydrogen-bond acceptors (Lipinski definition) is 4. The average Bonchev–Trinajstić information content (AvgIpc) is 3.47. The zero-order valence-electron chi connectivity index (χ0n) is 13.8. The van der Waals surface area contributed by atoms with Gasteiger partial charge < -0.3 is 9.80 Å². The summed E-state index contributed by atoms with van der Waals surface area (Å²) in [6.45, 7) is 3.38. The highest BCUT2D eigenvalue weighted by Gasteiger charge is 2.29. The van der Waals surface area contributed by atoms with Crippen LogP contribution >= 0.6 is 0 Å². The van der Waals surface area contributed by atoms with Crippen LogP contribution in [0.4, 0.5) is 5.82 Å². The predicted molar refractivity (Wildman–Crippen MR) is 89.4 cm³/mol. The van der Waals surface area contributed by atoms with Gasteiger partial charge in [-0.15, -0.1) is 5.10 Å². The maximum Gasteiger partial charge on any atom is 0.225 e. The molecule has 2 aliphatic carbocycles. The van der Waals surface area contributed by atoms with Crippen LogP contribution in [0, 0.1) is 5.92 Å². The van der Waals surface area contributed by atoms with E-state index >= 15 is 0 Å². The number of anilines is 1. The lowest BCUT2D eigenvalue weighted by atomic mass is 9.88. The van der Waals surface area contributed by atoms with Crippen molar-refractivity contribution in [2.45, 2.75) is 50.9 Å². The maximum absolute atomic E-state index is 12.6. The topological polar surface area (TPSA) is 49.3 Å². The van der Waals surface area contributed by atoms with Crippen molar-refractivity contribution < 1.29 is 4.79 Å². The molecular weight excluding hydrogens is 288 g/mol. The lowest BCUT2D eigenvalue weighted by Crippen LogP contribution is -2.50. The minimum atomic E-state index is 0.285. The predicted octanol–water partition coefficient (Wildman–Crippen LogP) is 2.58. The molecule has 1 aromatic heterocycles. The third-order valence-electron chi connectivity index (χ3n) is 5.54. The van der Waals surface area contributed by atoms with Gasteiger partial charge in [-0.3, -0.25) is 4.79 Å². The van der Waals surface area contributed by atoms with Gasteiger partial charge in [-0.25, -0.2) is 0 Å². The molecule has 1 amide bonds. The molecule has 4 rings (SSSR count). The summed E-state index contributed by atoms with van der Waals surface area (Å²) >= 11 is 0. The Hall–Kier alpha value is -1.65. The number of carbonyl (C=O) groups is 1. The van der Waals surface area contributed by atoms with Crippen LogP contribution in [0.3, 0.4) is 0 Å². The van der Waals surface area contributed by atoms with Gasteiger partial charge in [0.1, 0.15) is 0 Å². The fourth-order valence-electron chi connectivity index (χ4n) is 3.86. The van der Waals surface area contributed by atoms with Gasteiger partial charge in [-0.2, -0.15) is 5.10 Å². The molecule has 0 radical (unpaired) electrons. The van der Waals surface area contributed by atoms with Crippen molar-refractivity contribution in [1.29, 1.82) is 0 Å². The maximum atomic E-state index is 12.6. The Morgan fingerprint density at radius 2 is 1.65 bits per heavy atom. The number of hydrogen-bond donors (Lipinski definition) is 0. The van der Waals surface area contributed by atoms with E-state index in [0.717, 1.165) is 50.5 Å². The van der Waals surface area contributed by atoms with E-state index in [0.29, 0.717) is 11.8 Å². The summed E-state index contributed by atoms with van der Waals surface area (Å²) in [7, 11) is 0. The highest BCUT2D eigenvalue weighted by atomic mass is 16.2. The summed E-state index contributed by atoms with van der Waals surface area (Å²) in [5.41, 5.74) is 1.14. The van der Waals surface area contributed by atoms with Crippen LogP contribution in [0.15, 0.2) is 12.1 Å². The molecule has 3 aliphatic rings. The van der Waals surface area contributed by atoms with Crippen LogP contribution < -0.4 is 4.90 Å². The van der Waals surface area contributed by atoms with Gasteiger partial charge >= 0.3 is 0 Å². The Kier molecular flexibility index (Phi) is 4.19. The van der Waals surface area contributed by atoms with Crippen LogP contribution in [0.5, 0.6) is 0 Å². The van der Waals surface area contributed by atoms with Gasteiger partial charge in [0.25, 0.3) is 0 Å². The molecule has 0 aromatic carbocycles. The first-order valence-electron chi connectivity index (χ1n) is 9.18. The summed E-state index contributed by atoms with van der Waals surface area (Å²) in [5, 5.41) is 8.77. The number of carbonyl (C=O) groups excluding carboxylic acids is 1. The van der Waals surface area contributed by atoms with E-state index in [1.165, 1.54) is 32.1 Å². The van der Waals surface area contributed by atoms with Gasteiger partial charge in [-0.05, 0) is 37.8 Å². The first-order chi connectivity index (χ1) is 11.3. The van der Waals surface area contributed by atoms with Crippen molar-refractivity contribution >= 4 is 11.7 Å². The highest BCUT2D eigenvalue weighted by Crippen LogP contribution is 2.38. The second kappa shape index (κ2) is 6.46. The Labute approximate surface area is 138 Å². The largest absolute Gasteiger partial charge is 0.352 e. The van der Waals surface area contributed by atoms with Crippen LogP contribution in [0.2, 0.25) is 0 Å². The minimum Gasteiger partial charge on any atom is -0.352 e. The first-order valence-corrected chi connectivity index (χ1v) is 9.18. The Balaban J connectivity index is 1.32.